The van der Waals surface area contributed by atoms with Gasteiger partial charge in [-0.15, -0.1) is 0 Å². The third kappa shape index (κ3) is 3.34. The Morgan fingerprint density at radius 1 is 1.11 bits per heavy atom. The van der Waals surface area contributed by atoms with Gasteiger partial charge in [0, 0.05) is 11.4 Å². The lowest BCUT2D eigenvalue weighted by atomic mass is 10.1. The first-order valence-corrected chi connectivity index (χ1v) is 6.09. The lowest BCUT2D eigenvalue weighted by Crippen LogP contribution is -2.03. The fourth-order valence-electron chi connectivity index (χ4n) is 1.68. The Bertz CT molecular complexity index is 538. The predicted octanol–water partition coefficient (Wildman–Crippen LogP) is 3.77. The molecule has 92 valence electrons. The molecule has 0 aliphatic heterocycles. The number of carbonyl (C=O) groups excluding carboxylic acids is 1. The molecule has 0 heterocycles. The Hall–Kier alpha value is -1.80. The molecular weight excluding hydrogens is 248 g/mol. The van der Waals surface area contributed by atoms with Gasteiger partial charge < -0.3 is 4.74 Å². The van der Waals surface area contributed by atoms with Crippen LogP contribution in [0.1, 0.15) is 15.9 Å². The maximum absolute atomic E-state index is 10.8. The van der Waals surface area contributed by atoms with Crippen molar-refractivity contribution in [3.8, 4) is 5.75 Å². The number of halogens is 1. The highest BCUT2D eigenvalue weighted by Crippen LogP contribution is 2.16. The maximum Gasteiger partial charge on any atom is 0.153 e. The summed E-state index contributed by atoms with van der Waals surface area (Å²) < 4.78 is 5.60. The standard InChI is InChI=1S/C15H13ClO2/c16-14-6-3-4-12(10-14)8-9-18-15-7-2-1-5-13(15)11-17/h1-7,10-11H,8-9H2. The minimum absolute atomic E-state index is 0.519. The molecule has 0 aromatic heterocycles. The molecule has 2 nitrogen and oxygen atoms in total. The van der Waals surface area contributed by atoms with Crippen molar-refractivity contribution in [3.05, 3.63) is 64.7 Å². The van der Waals surface area contributed by atoms with Crippen molar-refractivity contribution in [2.45, 2.75) is 6.42 Å². The molecule has 0 aliphatic rings. The number of hydrogen-bond donors (Lipinski definition) is 0. The minimum Gasteiger partial charge on any atom is -0.492 e. The van der Waals surface area contributed by atoms with Gasteiger partial charge in [0.05, 0.1) is 12.2 Å². The summed E-state index contributed by atoms with van der Waals surface area (Å²) >= 11 is 5.90. The average Bonchev–Trinajstić information content (AvgIpc) is 2.39. The summed E-state index contributed by atoms with van der Waals surface area (Å²) in [5.74, 6) is 0.620. The molecule has 18 heavy (non-hydrogen) atoms. The summed E-state index contributed by atoms with van der Waals surface area (Å²) in [5, 5.41) is 0.723. The molecule has 0 aliphatic carbocycles. The van der Waals surface area contributed by atoms with E-state index < -0.39 is 0 Å². The Balaban J connectivity index is 1.94. The highest BCUT2D eigenvalue weighted by molar-refractivity contribution is 6.30. The van der Waals surface area contributed by atoms with Crippen LogP contribution in [0.4, 0.5) is 0 Å². The third-order valence-electron chi connectivity index (χ3n) is 2.58. The molecule has 0 radical (unpaired) electrons. The smallest absolute Gasteiger partial charge is 0.153 e. The van der Waals surface area contributed by atoms with Gasteiger partial charge in [-0.3, -0.25) is 4.79 Å². The SMILES string of the molecule is O=Cc1ccccc1OCCc1cccc(Cl)c1. The number of benzene rings is 2. The van der Waals surface area contributed by atoms with Crippen molar-refractivity contribution in [2.24, 2.45) is 0 Å². The summed E-state index contributed by atoms with van der Waals surface area (Å²) in [4.78, 5) is 10.8. The zero-order chi connectivity index (χ0) is 12.8. The van der Waals surface area contributed by atoms with Crippen molar-refractivity contribution in [3.63, 3.8) is 0 Å². The highest BCUT2D eigenvalue weighted by Gasteiger charge is 2.01. The van der Waals surface area contributed by atoms with Crippen molar-refractivity contribution in [1.29, 1.82) is 0 Å². The summed E-state index contributed by atoms with van der Waals surface area (Å²) in [6, 6.07) is 14.9. The van der Waals surface area contributed by atoms with Crippen molar-refractivity contribution in [1.82, 2.24) is 0 Å². The van der Waals surface area contributed by atoms with Crippen molar-refractivity contribution >= 4 is 17.9 Å². The fraction of sp³-hybridized carbons (Fsp3) is 0.133. The summed E-state index contributed by atoms with van der Waals surface area (Å²) in [5.41, 5.74) is 1.69. The number of hydrogen-bond acceptors (Lipinski definition) is 2. The molecule has 0 atom stereocenters. The first kappa shape index (κ1) is 12.7. The number of aldehydes is 1. The quantitative estimate of drug-likeness (QED) is 0.765. The lowest BCUT2D eigenvalue weighted by Gasteiger charge is -2.08. The van der Waals surface area contributed by atoms with Gasteiger partial charge in [-0.25, -0.2) is 0 Å². The molecule has 2 aromatic carbocycles. The molecule has 2 rings (SSSR count). The van der Waals surface area contributed by atoms with Gasteiger partial charge in [0.25, 0.3) is 0 Å². The van der Waals surface area contributed by atoms with E-state index in [4.69, 9.17) is 16.3 Å². The van der Waals surface area contributed by atoms with Crippen LogP contribution in [-0.4, -0.2) is 12.9 Å². The minimum atomic E-state index is 0.519. The van der Waals surface area contributed by atoms with Gasteiger partial charge in [0.1, 0.15) is 5.75 Å². The van der Waals surface area contributed by atoms with Crippen LogP contribution in [0.25, 0.3) is 0 Å². The van der Waals surface area contributed by atoms with Crippen LogP contribution in [0.15, 0.2) is 48.5 Å². The molecule has 0 amide bonds. The van der Waals surface area contributed by atoms with Crippen LogP contribution in [0, 0.1) is 0 Å². The normalized spacial score (nSPS) is 10.1. The monoisotopic (exact) mass is 260 g/mol. The number of para-hydroxylation sites is 1. The van der Waals surface area contributed by atoms with E-state index >= 15 is 0 Å². The van der Waals surface area contributed by atoms with Crippen LogP contribution < -0.4 is 4.74 Å². The van der Waals surface area contributed by atoms with Crippen LogP contribution in [0.2, 0.25) is 5.02 Å². The Morgan fingerprint density at radius 2 is 1.94 bits per heavy atom. The molecule has 0 saturated heterocycles. The van der Waals surface area contributed by atoms with Gasteiger partial charge in [-0.2, -0.15) is 0 Å². The average molecular weight is 261 g/mol. The summed E-state index contributed by atoms with van der Waals surface area (Å²) in [6.07, 6.45) is 1.56. The first-order chi connectivity index (χ1) is 8.79. The van der Waals surface area contributed by atoms with Crippen LogP contribution in [-0.2, 0) is 6.42 Å². The van der Waals surface area contributed by atoms with Gasteiger partial charge >= 0.3 is 0 Å². The van der Waals surface area contributed by atoms with Crippen LogP contribution >= 0.6 is 11.6 Å². The lowest BCUT2D eigenvalue weighted by molar-refractivity contribution is 0.111. The zero-order valence-corrected chi connectivity index (χ0v) is 10.6. The highest BCUT2D eigenvalue weighted by atomic mass is 35.5. The topological polar surface area (TPSA) is 26.3 Å². The predicted molar refractivity (Wildman–Crippen MR) is 72.5 cm³/mol. The van der Waals surface area contributed by atoms with E-state index in [1.807, 2.05) is 36.4 Å². The molecule has 0 N–H and O–H groups in total. The van der Waals surface area contributed by atoms with E-state index in [9.17, 15) is 4.79 Å². The van der Waals surface area contributed by atoms with Gasteiger partial charge in [0.15, 0.2) is 6.29 Å². The second kappa shape index (κ2) is 6.22. The van der Waals surface area contributed by atoms with Crippen LogP contribution in [0.3, 0.4) is 0 Å². The number of carbonyl (C=O) groups is 1. The van der Waals surface area contributed by atoms with E-state index in [0.717, 1.165) is 23.3 Å². The largest absolute Gasteiger partial charge is 0.492 e. The van der Waals surface area contributed by atoms with E-state index in [2.05, 4.69) is 0 Å². The van der Waals surface area contributed by atoms with E-state index in [0.29, 0.717) is 17.9 Å². The fourth-order valence-corrected chi connectivity index (χ4v) is 1.89. The Morgan fingerprint density at radius 3 is 2.72 bits per heavy atom. The molecule has 0 fully saturated rings. The molecule has 0 saturated carbocycles. The van der Waals surface area contributed by atoms with E-state index in [-0.39, 0.29) is 0 Å². The van der Waals surface area contributed by atoms with Gasteiger partial charge in [-0.1, -0.05) is 35.9 Å². The van der Waals surface area contributed by atoms with Gasteiger partial charge in [-0.05, 0) is 29.8 Å². The van der Waals surface area contributed by atoms with Crippen LogP contribution in [0.5, 0.6) is 5.75 Å². The molecule has 3 heteroatoms. The second-order valence-corrected chi connectivity index (χ2v) is 4.32. The molecular formula is C15H13ClO2. The number of rotatable bonds is 5. The van der Waals surface area contributed by atoms with Crippen molar-refractivity contribution < 1.29 is 9.53 Å². The molecule has 0 spiro atoms. The van der Waals surface area contributed by atoms with Gasteiger partial charge in [0.2, 0.25) is 0 Å². The summed E-state index contributed by atoms with van der Waals surface area (Å²) in [7, 11) is 0. The Labute approximate surface area is 111 Å². The summed E-state index contributed by atoms with van der Waals surface area (Å²) in [6.45, 7) is 0.519. The van der Waals surface area contributed by atoms with E-state index in [1.165, 1.54) is 0 Å². The van der Waals surface area contributed by atoms with Crippen molar-refractivity contribution in [2.75, 3.05) is 6.61 Å². The second-order valence-electron chi connectivity index (χ2n) is 3.88. The number of ether oxygens (including phenoxy) is 1. The molecule has 0 bridgehead atoms. The van der Waals surface area contributed by atoms with E-state index in [1.54, 1.807) is 12.1 Å². The molecule has 0 unspecified atom stereocenters. The third-order valence-corrected chi connectivity index (χ3v) is 2.82. The Kier molecular flexibility index (Phi) is 4.37. The zero-order valence-electron chi connectivity index (χ0n) is 9.80. The maximum atomic E-state index is 10.8. The molecule has 2 aromatic rings. The first-order valence-electron chi connectivity index (χ1n) is 5.71.